The van der Waals surface area contributed by atoms with E-state index in [-0.39, 0.29) is 0 Å². The molecule has 2 N–H and O–H groups in total. The van der Waals surface area contributed by atoms with E-state index in [4.69, 9.17) is 4.74 Å². The van der Waals surface area contributed by atoms with Crippen LogP contribution in [-0.2, 0) is 4.74 Å². The first-order valence-corrected chi connectivity index (χ1v) is 4.32. The molecule has 0 spiro atoms. The standard InChI is InChI=1S/C8H15NO2/c10-8(7-5-9-6-7)1-3-11-4-2-8/h7,9-10H,1-6H2. The summed E-state index contributed by atoms with van der Waals surface area (Å²) in [5, 5.41) is 13.3. The van der Waals surface area contributed by atoms with Gasteiger partial charge in [-0.05, 0) is 12.8 Å². The summed E-state index contributed by atoms with van der Waals surface area (Å²) < 4.78 is 5.20. The Kier molecular flexibility index (Phi) is 1.87. The molecule has 11 heavy (non-hydrogen) atoms. The third-order valence-electron chi connectivity index (χ3n) is 2.90. The second-order valence-electron chi connectivity index (χ2n) is 3.57. The molecule has 3 heteroatoms. The molecule has 2 aliphatic rings. The third kappa shape index (κ3) is 1.28. The second kappa shape index (κ2) is 2.73. The fraction of sp³-hybridized carbons (Fsp3) is 1.00. The van der Waals surface area contributed by atoms with Crippen LogP contribution in [0.25, 0.3) is 0 Å². The zero-order valence-electron chi connectivity index (χ0n) is 6.68. The summed E-state index contributed by atoms with van der Waals surface area (Å²) in [4.78, 5) is 0. The first-order valence-electron chi connectivity index (χ1n) is 4.32. The highest BCUT2D eigenvalue weighted by Gasteiger charge is 2.41. The Morgan fingerprint density at radius 2 is 1.91 bits per heavy atom. The largest absolute Gasteiger partial charge is 0.389 e. The van der Waals surface area contributed by atoms with Crippen LogP contribution in [0.3, 0.4) is 0 Å². The van der Waals surface area contributed by atoms with Crippen LogP contribution in [-0.4, -0.2) is 37.0 Å². The maximum Gasteiger partial charge on any atom is 0.0743 e. The molecule has 0 amide bonds. The fourth-order valence-corrected chi connectivity index (χ4v) is 1.80. The lowest BCUT2D eigenvalue weighted by atomic mass is 9.78. The van der Waals surface area contributed by atoms with E-state index in [1.165, 1.54) is 0 Å². The molecule has 0 aromatic rings. The zero-order valence-corrected chi connectivity index (χ0v) is 6.68. The van der Waals surface area contributed by atoms with E-state index in [9.17, 15) is 5.11 Å². The van der Waals surface area contributed by atoms with E-state index in [1.807, 2.05) is 0 Å². The van der Waals surface area contributed by atoms with Gasteiger partial charge in [0.2, 0.25) is 0 Å². The lowest BCUT2D eigenvalue weighted by Gasteiger charge is -2.44. The van der Waals surface area contributed by atoms with Crippen molar-refractivity contribution in [1.82, 2.24) is 5.32 Å². The van der Waals surface area contributed by atoms with Crippen molar-refractivity contribution < 1.29 is 9.84 Å². The summed E-state index contributed by atoms with van der Waals surface area (Å²) in [6, 6.07) is 0. The Hall–Kier alpha value is -0.120. The lowest BCUT2D eigenvalue weighted by Crippen LogP contribution is -2.57. The molecule has 0 aliphatic carbocycles. The number of nitrogens with one attached hydrogen (secondary N) is 1. The maximum atomic E-state index is 10.1. The topological polar surface area (TPSA) is 41.5 Å². The Bertz CT molecular complexity index is 139. The molecule has 0 atom stereocenters. The second-order valence-corrected chi connectivity index (χ2v) is 3.57. The van der Waals surface area contributed by atoms with Crippen molar-refractivity contribution in [2.75, 3.05) is 26.3 Å². The van der Waals surface area contributed by atoms with Gasteiger partial charge in [-0.2, -0.15) is 0 Å². The number of hydrogen-bond acceptors (Lipinski definition) is 3. The molecule has 2 heterocycles. The highest BCUT2D eigenvalue weighted by Crippen LogP contribution is 2.30. The van der Waals surface area contributed by atoms with Gasteiger partial charge in [-0.1, -0.05) is 0 Å². The molecule has 2 rings (SSSR count). The summed E-state index contributed by atoms with van der Waals surface area (Å²) in [7, 11) is 0. The molecule has 0 aromatic carbocycles. The minimum Gasteiger partial charge on any atom is -0.389 e. The number of aliphatic hydroxyl groups is 1. The smallest absolute Gasteiger partial charge is 0.0743 e. The average molecular weight is 157 g/mol. The van der Waals surface area contributed by atoms with Gasteiger partial charge in [0.25, 0.3) is 0 Å². The molecular weight excluding hydrogens is 142 g/mol. The predicted octanol–water partition coefficient (Wildman–Crippen LogP) is -0.253. The van der Waals surface area contributed by atoms with Crippen LogP contribution in [0.5, 0.6) is 0 Å². The Morgan fingerprint density at radius 3 is 2.36 bits per heavy atom. The molecule has 2 fully saturated rings. The molecule has 3 nitrogen and oxygen atoms in total. The SMILES string of the molecule is OC1(C2CNC2)CCOCC1. The van der Waals surface area contributed by atoms with Gasteiger partial charge in [0.15, 0.2) is 0 Å². The minimum atomic E-state index is -0.413. The number of ether oxygens (including phenoxy) is 1. The van der Waals surface area contributed by atoms with E-state index >= 15 is 0 Å². The van der Waals surface area contributed by atoms with E-state index in [0.717, 1.165) is 39.1 Å². The minimum absolute atomic E-state index is 0.413. The maximum absolute atomic E-state index is 10.1. The summed E-state index contributed by atoms with van der Waals surface area (Å²) in [5.41, 5.74) is -0.413. The van der Waals surface area contributed by atoms with Crippen LogP contribution in [0, 0.1) is 5.92 Å². The Morgan fingerprint density at radius 1 is 1.27 bits per heavy atom. The van der Waals surface area contributed by atoms with Gasteiger partial charge in [-0.15, -0.1) is 0 Å². The van der Waals surface area contributed by atoms with Crippen molar-refractivity contribution >= 4 is 0 Å². The van der Waals surface area contributed by atoms with Crippen molar-refractivity contribution in [3.8, 4) is 0 Å². The van der Waals surface area contributed by atoms with Gasteiger partial charge in [-0.25, -0.2) is 0 Å². The lowest BCUT2D eigenvalue weighted by molar-refractivity contribution is -0.111. The van der Waals surface area contributed by atoms with Crippen molar-refractivity contribution in [2.24, 2.45) is 5.92 Å². The molecule has 0 unspecified atom stereocenters. The highest BCUT2D eigenvalue weighted by molar-refractivity contribution is 4.95. The Balaban J connectivity index is 1.94. The normalized spacial score (nSPS) is 31.4. The van der Waals surface area contributed by atoms with Gasteiger partial charge < -0.3 is 15.2 Å². The number of rotatable bonds is 1. The van der Waals surface area contributed by atoms with Gasteiger partial charge in [-0.3, -0.25) is 0 Å². The summed E-state index contributed by atoms with van der Waals surface area (Å²) >= 11 is 0. The molecule has 0 saturated carbocycles. The molecule has 2 saturated heterocycles. The van der Waals surface area contributed by atoms with Crippen LogP contribution >= 0.6 is 0 Å². The van der Waals surface area contributed by atoms with Crippen LogP contribution in [0.15, 0.2) is 0 Å². The number of hydrogen-bond donors (Lipinski definition) is 2. The van der Waals surface area contributed by atoms with Crippen LogP contribution < -0.4 is 5.32 Å². The van der Waals surface area contributed by atoms with Crippen molar-refractivity contribution in [2.45, 2.75) is 18.4 Å². The summed E-state index contributed by atoms with van der Waals surface area (Å²) in [6.07, 6.45) is 1.64. The predicted molar refractivity (Wildman–Crippen MR) is 41.4 cm³/mol. The molecule has 0 aromatic heterocycles. The van der Waals surface area contributed by atoms with Gasteiger partial charge in [0.05, 0.1) is 5.60 Å². The highest BCUT2D eigenvalue weighted by atomic mass is 16.5. The molecular formula is C8H15NO2. The first-order chi connectivity index (χ1) is 5.31. The van der Waals surface area contributed by atoms with Crippen LogP contribution in [0.1, 0.15) is 12.8 Å². The van der Waals surface area contributed by atoms with Crippen molar-refractivity contribution in [1.29, 1.82) is 0 Å². The molecule has 0 radical (unpaired) electrons. The van der Waals surface area contributed by atoms with Crippen LogP contribution in [0.2, 0.25) is 0 Å². The van der Waals surface area contributed by atoms with Gasteiger partial charge in [0, 0.05) is 32.2 Å². The monoisotopic (exact) mass is 157 g/mol. The first kappa shape index (κ1) is 7.53. The summed E-state index contributed by atoms with van der Waals surface area (Å²) in [6.45, 7) is 3.42. The third-order valence-corrected chi connectivity index (χ3v) is 2.90. The van der Waals surface area contributed by atoms with E-state index in [0.29, 0.717) is 5.92 Å². The van der Waals surface area contributed by atoms with Gasteiger partial charge in [0.1, 0.15) is 0 Å². The average Bonchev–Trinajstić information content (AvgIpc) is 1.83. The van der Waals surface area contributed by atoms with E-state index < -0.39 is 5.60 Å². The summed E-state index contributed by atoms with van der Waals surface area (Å²) in [5.74, 6) is 0.478. The van der Waals surface area contributed by atoms with Crippen LogP contribution in [0.4, 0.5) is 0 Å². The van der Waals surface area contributed by atoms with Crippen molar-refractivity contribution in [3.63, 3.8) is 0 Å². The zero-order chi connectivity index (χ0) is 7.73. The Labute approximate surface area is 66.7 Å². The quantitative estimate of drug-likeness (QED) is 0.551. The fourth-order valence-electron chi connectivity index (χ4n) is 1.80. The molecule has 64 valence electrons. The molecule has 2 aliphatic heterocycles. The van der Waals surface area contributed by atoms with E-state index in [2.05, 4.69) is 5.32 Å². The van der Waals surface area contributed by atoms with E-state index in [1.54, 1.807) is 0 Å². The van der Waals surface area contributed by atoms with Crippen molar-refractivity contribution in [3.05, 3.63) is 0 Å². The molecule has 0 bridgehead atoms. The van der Waals surface area contributed by atoms with Gasteiger partial charge >= 0.3 is 0 Å².